The van der Waals surface area contributed by atoms with Gasteiger partial charge in [0.1, 0.15) is 14.9 Å². The summed E-state index contributed by atoms with van der Waals surface area (Å²) in [6.07, 6.45) is 0. The Balaban J connectivity index is 1.84. The largest absolute Gasteiger partial charge is 0.493 e. The van der Waals surface area contributed by atoms with E-state index in [4.69, 9.17) is 24.9 Å². The van der Waals surface area contributed by atoms with Crippen LogP contribution in [0.5, 0.6) is 17.2 Å². The van der Waals surface area contributed by atoms with Crippen molar-refractivity contribution >= 4 is 49.4 Å². The summed E-state index contributed by atoms with van der Waals surface area (Å²) < 4.78 is 17.2. The minimum Gasteiger partial charge on any atom is -0.493 e. The highest BCUT2D eigenvalue weighted by Crippen LogP contribution is 2.47. The Hall–Kier alpha value is -3.30. The van der Waals surface area contributed by atoms with Crippen molar-refractivity contribution in [3.8, 4) is 27.8 Å². The molecule has 4 rings (SSSR count). The lowest BCUT2D eigenvalue weighted by molar-refractivity contribution is 0.104. The van der Waals surface area contributed by atoms with Crippen molar-refractivity contribution in [2.24, 2.45) is 0 Å². The van der Waals surface area contributed by atoms with E-state index in [1.54, 1.807) is 23.5 Å². The summed E-state index contributed by atoms with van der Waals surface area (Å²) in [7, 11) is 4.55. The van der Waals surface area contributed by atoms with Crippen LogP contribution in [0.4, 0.5) is 10.7 Å². The number of para-hydroxylation sites is 1. The standard InChI is InChI=1S/C23H23N3O4S2/c1-5-25-22-17(23-26-13-8-6-7-9-16(13)31-23)18(24)21(32-22)19(27)12-10-14(28-2)20(30-4)15(11-12)29-3/h6-11,25H,5,24H2,1-4H3. The topological polar surface area (TPSA) is 95.7 Å². The SMILES string of the molecule is CCNc1sc(C(=O)c2cc(OC)c(OC)c(OC)c2)c(N)c1-c1nc2ccccc2s1. The van der Waals surface area contributed by atoms with Crippen LogP contribution in [0.15, 0.2) is 36.4 Å². The van der Waals surface area contributed by atoms with Gasteiger partial charge in [-0.3, -0.25) is 4.79 Å². The maximum atomic E-state index is 13.5. The van der Waals surface area contributed by atoms with Crippen LogP contribution in [-0.2, 0) is 0 Å². The number of fused-ring (bicyclic) bond motifs is 1. The molecule has 0 radical (unpaired) electrons. The van der Waals surface area contributed by atoms with Gasteiger partial charge in [0.05, 0.1) is 42.8 Å². The minimum absolute atomic E-state index is 0.224. The monoisotopic (exact) mass is 469 g/mol. The summed E-state index contributed by atoms with van der Waals surface area (Å²) in [5.74, 6) is 1.01. The number of nitrogens with zero attached hydrogens (tertiary/aromatic N) is 1. The fourth-order valence-corrected chi connectivity index (χ4v) is 5.68. The van der Waals surface area contributed by atoms with Gasteiger partial charge >= 0.3 is 0 Å². The predicted octanol–water partition coefficient (Wildman–Crippen LogP) is 5.30. The number of nitrogens with two attached hydrogens (primary N) is 1. The molecule has 2 aromatic heterocycles. The van der Waals surface area contributed by atoms with Crippen LogP contribution in [0.2, 0.25) is 0 Å². The summed E-state index contributed by atoms with van der Waals surface area (Å²) in [4.78, 5) is 18.7. The molecule has 0 atom stereocenters. The van der Waals surface area contributed by atoms with E-state index in [1.807, 2.05) is 31.2 Å². The molecule has 0 fully saturated rings. The van der Waals surface area contributed by atoms with Gasteiger partial charge in [-0.1, -0.05) is 12.1 Å². The highest BCUT2D eigenvalue weighted by atomic mass is 32.1. The molecule has 0 aliphatic carbocycles. The van der Waals surface area contributed by atoms with E-state index in [-0.39, 0.29) is 5.78 Å². The third-order valence-corrected chi connectivity index (χ3v) is 7.14. The molecule has 0 spiro atoms. The minimum atomic E-state index is -0.224. The van der Waals surface area contributed by atoms with E-state index >= 15 is 0 Å². The normalized spacial score (nSPS) is 10.9. The molecule has 0 amide bonds. The fourth-order valence-electron chi connectivity index (χ4n) is 3.43. The van der Waals surface area contributed by atoms with Gasteiger partial charge in [-0.05, 0) is 31.2 Å². The number of hydrogen-bond acceptors (Lipinski definition) is 9. The molecule has 7 nitrogen and oxygen atoms in total. The maximum absolute atomic E-state index is 13.5. The van der Waals surface area contributed by atoms with Crippen molar-refractivity contribution in [1.82, 2.24) is 4.98 Å². The number of anilines is 2. The molecule has 2 aromatic carbocycles. The number of nitrogen functional groups attached to an aromatic ring is 1. The number of thiophene rings is 1. The van der Waals surface area contributed by atoms with Gasteiger partial charge in [-0.2, -0.15) is 0 Å². The van der Waals surface area contributed by atoms with E-state index in [0.29, 0.717) is 39.9 Å². The zero-order chi connectivity index (χ0) is 22.8. The first-order valence-electron chi connectivity index (χ1n) is 9.89. The first-order valence-corrected chi connectivity index (χ1v) is 11.5. The van der Waals surface area contributed by atoms with Gasteiger partial charge in [-0.15, -0.1) is 22.7 Å². The summed E-state index contributed by atoms with van der Waals surface area (Å²) in [6.45, 7) is 2.69. The number of benzene rings is 2. The lowest BCUT2D eigenvalue weighted by Gasteiger charge is -2.13. The molecule has 0 saturated heterocycles. The first kappa shape index (κ1) is 21.9. The third kappa shape index (κ3) is 3.74. The highest BCUT2D eigenvalue weighted by Gasteiger charge is 2.26. The second-order valence-electron chi connectivity index (χ2n) is 6.81. The second kappa shape index (κ2) is 9.05. The molecule has 32 heavy (non-hydrogen) atoms. The zero-order valence-corrected chi connectivity index (χ0v) is 19.8. The molecule has 0 aliphatic rings. The molecule has 9 heteroatoms. The average Bonchev–Trinajstić information content (AvgIpc) is 3.38. The Morgan fingerprint density at radius 2 is 1.75 bits per heavy atom. The van der Waals surface area contributed by atoms with Crippen molar-refractivity contribution < 1.29 is 19.0 Å². The van der Waals surface area contributed by atoms with Crippen molar-refractivity contribution in [2.75, 3.05) is 38.9 Å². The number of ketones is 1. The number of thiazole rings is 1. The summed E-state index contributed by atoms with van der Waals surface area (Å²) in [5, 5.41) is 4.93. The summed E-state index contributed by atoms with van der Waals surface area (Å²) >= 11 is 2.87. The fraction of sp³-hybridized carbons (Fsp3) is 0.217. The zero-order valence-electron chi connectivity index (χ0n) is 18.1. The molecule has 0 saturated carbocycles. The van der Waals surface area contributed by atoms with E-state index in [1.165, 1.54) is 32.7 Å². The quantitative estimate of drug-likeness (QED) is 0.338. The number of rotatable bonds is 8. The number of carbonyl (C=O) groups excluding carboxylic acids is 1. The van der Waals surface area contributed by atoms with Crippen LogP contribution in [0, 0.1) is 0 Å². The van der Waals surface area contributed by atoms with Crippen molar-refractivity contribution in [3.05, 3.63) is 46.8 Å². The van der Waals surface area contributed by atoms with Gasteiger partial charge in [0, 0.05) is 12.1 Å². The van der Waals surface area contributed by atoms with Gasteiger partial charge in [0.25, 0.3) is 0 Å². The van der Waals surface area contributed by atoms with E-state index < -0.39 is 0 Å². The summed E-state index contributed by atoms with van der Waals surface area (Å²) in [6, 6.07) is 11.2. The van der Waals surface area contributed by atoms with Crippen LogP contribution in [-0.4, -0.2) is 38.6 Å². The number of nitrogens with one attached hydrogen (secondary N) is 1. The van der Waals surface area contributed by atoms with Crippen molar-refractivity contribution in [3.63, 3.8) is 0 Å². The maximum Gasteiger partial charge on any atom is 0.205 e. The molecular weight excluding hydrogens is 446 g/mol. The van der Waals surface area contributed by atoms with Crippen molar-refractivity contribution in [2.45, 2.75) is 6.92 Å². The predicted molar refractivity (Wildman–Crippen MR) is 131 cm³/mol. The molecule has 0 aliphatic heterocycles. The van der Waals surface area contributed by atoms with Gasteiger partial charge in [0.15, 0.2) is 11.5 Å². The Bertz CT molecular complexity index is 1240. The number of aromatic nitrogens is 1. The van der Waals surface area contributed by atoms with E-state index in [9.17, 15) is 4.79 Å². The number of ether oxygens (including phenoxy) is 3. The van der Waals surface area contributed by atoms with Crippen LogP contribution < -0.4 is 25.3 Å². The van der Waals surface area contributed by atoms with Crippen LogP contribution in [0.3, 0.4) is 0 Å². The smallest absolute Gasteiger partial charge is 0.205 e. The van der Waals surface area contributed by atoms with E-state index in [0.717, 1.165) is 25.8 Å². The first-order chi connectivity index (χ1) is 15.5. The molecule has 0 unspecified atom stereocenters. The van der Waals surface area contributed by atoms with E-state index in [2.05, 4.69) is 5.32 Å². The second-order valence-corrected chi connectivity index (χ2v) is 8.86. The molecule has 4 aromatic rings. The van der Waals surface area contributed by atoms with Gasteiger partial charge in [-0.25, -0.2) is 4.98 Å². The lowest BCUT2D eigenvalue weighted by Crippen LogP contribution is -2.05. The van der Waals surface area contributed by atoms with Crippen LogP contribution >= 0.6 is 22.7 Å². The van der Waals surface area contributed by atoms with Gasteiger partial charge in [0.2, 0.25) is 11.5 Å². The Labute approximate surface area is 193 Å². The third-order valence-electron chi connectivity index (χ3n) is 4.92. The molecule has 2 heterocycles. The number of methoxy groups -OCH3 is 3. The van der Waals surface area contributed by atoms with Gasteiger partial charge < -0.3 is 25.3 Å². The molecule has 166 valence electrons. The Kier molecular flexibility index (Phi) is 6.20. The Morgan fingerprint density at radius 3 is 2.34 bits per heavy atom. The summed E-state index contributed by atoms with van der Waals surface area (Å²) in [5.41, 5.74) is 9.01. The Morgan fingerprint density at radius 1 is 1.06 bits per heavy atom. The average molecular weight is 470 g/mol. The highest BCUT2D eigenvalue weighted by molar-refractivity contribution is 7.23. The molecule has 0 bridgehead atoms. The molecular formula is C23H23N3O4S2. The van der Waals surface area contributed by atoms with Crippen molar-refractivity contribution in [1.29, 1.82) is 0 Å². The number of carbonyl (C=O) groups is 1. The van der Waals surface area contributed by atoms with Crippen LogP contribution in [0.1, 0.15) is 22.2 Å². The van der Waals surface area contributed by atoms with Crippen LogP contribution in [0.25, 0.3) is 20.8 Å². The molecule has 3 N–H and O–H groups in total. The lowest BCUT2D eigenvalue weighted by atomic mass is 10.1. The number of hydrogen-bond donors (Lipinski definition) is 2.